The zero-order valence-electron chi connectivity index (χ0n) is 36.0. The van der Waals surface area contributed by atoms with Crippen molar-refractivity contribution < 1.29 is 42.9 Å². The molecule has 5 amide bonds. The highest BCUT2D eigenvalue weighted by atomic mass is 16.5. The first-order chi connectivity index (χ1) is 31.7. The van der Waals surface area contributed by atoms with Crippen molar-refractivity contribution in [1.29, 1.82) is 5.41 Å². The average molecular weight is 888 g/mol. The van der Waals surface area contributed by atoms with Crippen molar-refractivity contribution in [3.8, 4) is 11.5 Å². The number of allylic oxidation sites excluding steroid dienone is 1. The lowest BCUT2D eigenvalue weighted by atomic mass is 10.0. The van der Waals surface area contributed by atoms with Crippen LogP contribution in [0.3, 0.4) is 0 Å². The maximum Gasteiger partial charge on any atom is 0.264 e. The summed E-state index contributed by atoms with van der Waals surface area (Å²) >= 11 is 0. The molecule has 4 heterocycles. The van der Waals surface area contributed by atoms with Gasteiger partial charge in [-0.25, -0.2) is 9.97 Å². The minimum absolute atomic E-state index is 0.0556. The van der Waals surface area contributed by atoms with Crippen LogP contribution in [0, 0.1) is 5.41 Å². The third-order valence-electron chi connectivity index (χ3n) is 11.0. The van der Waals surface area contributed by atoms with E-state index in [-0.39, 0.29) is 47.4 Å². The van der Waals surface area contributed by atoms with Crippen LogP contribution in [0.15, 0.2) is 91.3 Å². The quantitative estimate of drug-likeness (QED) is 0.0315. The van der Waals surface area contributed by atoms with Gasteiger partial charge in [-0.2, -0.15) is 0 Å². The molecule has 6 N–H and O–H groups in total. The first-order valence-electron chi connectivity index (χ1n) is 21.7. The van der Waals surface area contributed by atoms with Crippen molar-refractivity contribution in [2.45, 2.75) is 50.6 Å². The van der Waals surface area contributed by atoms with Gasteiger partial charge >= 0.3 is 0 Å². The van der Waals surface area contributed by atoms with Crippen molar-refractivity contribution >= 4 is 52.6 Å². The Morgan fingerprint density at radius 2 is 1.60 bits per heavy atom. The Bertz CT molecular complexity index is 2380. The fourth-order valence-corrected chi connectivity index (χ4v) is 7.76. The van der Waals surface area contributed by atoms with Gasteiger partial charge < -0.3 is 40.2 Å². The molecule has 0 radical (unpaired) electrons. The number of para-hydroxylation sites is 1. The maximum absolute atomic E-state index is 13.2. The predicted molar refractivity (Wildman–Crippen MR) is 241 cm³/mol. The maximum atomic E-state index is 13.2. The molecule has 7 rings (SSSR count). The number of rotatable bonds is 22. The Kier molecular flexibility index (Phi) is 16.0. The fourth-order valence-electron chi connectivity index (χ4n) is 7.76. The van der Waals surface area contributed by atoms with Gasteiger partial charge in [0, 0.05) is 50.0 Å². The molecule has 65 heavy (non-hydrogen) atoms. The monoisotopic (exact) mass is 887 g/mol. The molecule has 2 atom stereocenters. The SMILES string of the molecule is N=C(c1ccc(Oc2ccccc2)cc1)c1c(N)ncnc1NC1CCCN(C(=O)/C=C/CCCOCCOCCOCCNc2cccc3c2C(=O)N(C2CCC(=O)NC2=O)C3=O)C1. The molecule has 0 saturated carbocycles. The van der Waals surface area contributed by atoms with Crippen LogP contribution in [0.2, 0.25) is 0 Å². The van der Waals surface area contributed by atoms with Crippen LogP contribution in [0.25, 0.3) is 0 Å². The van der Waals surface area contributed by atoms with Gasteiger partial charge in [0.05, 0.1) is 55.4 Å². The largest absolute Gasteiger partial charge is 0.457 e. The van der Waals surface area contributed by atoms with E-state index in [1.165, 1.54) is 6.33 Å². The Morgan fingerprint density at radius 1 is 0.862 bits per heavy atom. The van der Waals surface area contributed by atoms with E-state index in [1.807, 2.05) is 41.3 Å². The van der Waals surface area contributed by atoms with Gasteiger partial charge in [-0.15, -0.1) is 0 Å². The number of piperidine rings is 2. The molecule has 2 saturated heterocycles. The Balaban J connectivity index is 0.737. The molecular weight excluding hydrogens is 835 g/mol. The van der Waals surface area contributed by atoms with Crippen LogP contribution in [-0.4, -0.2) is 126 Å². The van der Waals surface area contributed by atoms with Crippen LogP contribution in [-0.2, 0) is 28.6 Å². The number of fused-ring (bicyclic) bond motifs is 1. The number of anilines is 3. The van der Waals surface area contributed by atoms with Gasteiger partial charge in [-0.1, -0.05) is 30.3 Å². The number of nitrogens with one attached hydrogen (secondary N) is 4. The third kappa shape index (κ3) is 12.0. The minimum atomic E-state index is -1.02. The molecule has 18 heteroatoms. The number of aromatic nitrogens is 2. The molecular formula is C47H53N9O9. The number of ether oxygens (including phenoxy) is 4. The van der Waals surface area contributed by atoms with Crippen LogP contribution in [0.5, 0.6) is 11.5 Å². The average Bonchev–Trinajstić information content (AvgIpc) is 3.56. The summed E-state index contributed by atoms with van der Waals surface area (Å²) < 4.78 is 22.8. The van der Waals surface area contributed by atoms with Crippen molar-refractivity contribution in [1.82, 2.24) is 25.1 Å². The number of nitrogens with two attached hydrogens (primary N) is 1. The second-order valence-corrected chi connectivity index (χ2v) is 15.5. The number of imide groups is 2. The van der Waals surface area contributed by atoms with Gasteiger partial charge in [0.25, 0.3) is 11.8 Å². The smallest absolute Gasteiger partial charge is 0.264 e. The molecule has 3 aliphatic rings. The number of benzene rings is 3. The van der Waals surface area contributed by atoms with E-state index in [0.717, 1.165) is 24.2 Å². The highest BCUT2D eigenvalue weighted by Gasteiger charge is 2.45. The normalized spacial score (nSPS) is 17.3. The van der Waals surface area contributed by atoms with Crippen LogP contribution < -0.4 is 26.4 Å². The molecule has 1 aromatic heterocycles. The van der Waals surface area contributed by atoms with Gasteiger partial charge in [0.2, 0.25) is 17.7 Å². The number of nitrogens with zero attached hydrogens (tertiary/aromatic N) is 4. The fraction of sp³-hybridized carbons (Fsp3) is 0.362. The number of nitrogen functional groups attached to an aromatic ring is 1. The lowest BCUT2D eigenvalue weighted by Crippen LogP contribution is -2.54. The van der Waals surface area contributed by atoms with E-state index >= 15 is 0 Å². The third-order valence-corrected chi connectivity index (χ3v) is 11.0. The van der Waals surface area contributed by atoms with Crippen molar-refractivity contribution in [2.75, 3.05) is 75.6 Å². The predicted octanol–water partition coefficient (Wildman–Crippen LogP) is 4.57. The van der Waals surface area contributed by atoms with E-state index < -0.39 is 29.7 Å². The zero-order chi connectivity index (χ0) is 45.5. The lowest BCUT2D eigenvalue weighted by molar-refractivity contribution is -0.136. The minimum Gasteiger partial charge on any atom is -0.457 e. The summed E-state index contributed by atoms with van der Waals surface area (Å²) in [6.07, 6.45) is 8.06. The molecule has 18 nitrogen and oxygen atoms in total. The van der Waals surface area contributed by atoms with Crippen molar-refractivity contribution in [3.05, 3.63) is 114 Å². The zero-order valence-corrected chi connectivity index (χ0v) is 36.0. The topological polar surface area (TPSA) is 240 Å². The van der Waals surface area contributed by atoms with Crippen LogP contribution in [0.1, 0.15) is 70.4 Å². The van der Waals surface area contributed by atoms with E-state index in [0.29, 0.717) is 99.8 Å². The summed E-state index contributed by atoms with van der Waals surface area (Å²) in [7, 11) is 0. The summed E-state index contributed by atoms with van der Waals surface area (Å²) in [6.45, 7) is 3.88. The lowest BCUT2D eigenvalue weighted by Gasteiger charge is -2.33. The van der Waals surface area contributed by atoms with Gasteiger partial charge in [-0.3, -0.25) is 39.6 Å². The van der Waals surface area contributed by atoms with Crippen molar-refractivity contribution in [2.24, 2.45) is 0 Å². The summed E-state index contributed by atoms with van der Waals surface area (Å²) in [5.74, 6) is -0.275. The Morgan fingerprint density at radius 3 is 2.37 bits per heavy atom. The van der Waals surface area contributed by atoms with Crippen LogP contribution >= 0.6 is 0 Å². The summed E-state index contributed by atoms with van der Waals surface area (Å²) in [5, 5.41) is 17.8. The number of hydrogen-bond acceptors (Lipinski definition) is 15. The summed E-state index contributed by atoms with van der Waals surface area (Å²) in [6, 6.07) is 20.4. The summed E-state index contributed by atoms with van der Waals surface area (Å²) in [4.78, 5) is 74.6. The number of amides is 5. The standard InChI is InChI=1S/C47H53N9O9/c48-42(31-15-17-34(18-16-31)65-33-10-3-1-4-11-33)41-43(49)51-30-52-44(41)53-32-9-8-22-55(29-32)39(58)14-5-2-6-23-62-25-27-64-28-26-63-24-21-50-36-13-7-12-35-40(36)47(61)56(46(35)60)37-19-20-38(57)54-45(37)59/h1,3-5,7,10-18,30,32,37,48,50H,2,6,8-9,19-29H2,(H,54,57,59)(H3,49,51,52,53)/b14-5+,48-42?. The molecule has 3 aliphatic heterocycles. The molecule has 4 aromatic rings. The highest BCUT2D eigenvalue weighted by molar-refractivity contribution is 6.25. The molecule has 0 bridgehead atoms. The first kappa shape index (κ1) is 46.0. The number of carbonyl (C=O) groups excluding carboxylic acids is 5. The number of hydrogen-bond donors (Lipinski definition) is 5. The molecule has 3 aromatic carbocycles. The van der Waals surface area contributed by atoms with E-state index in [1.54, 1.807) is 48.5 Å². The second kappa shape index (κ2) is 22.6. The highest BCUT2D eigenvalue weighted by Crippen LogP contribution is 2.32. The van der Waals surface area contributed by atoms with Gasteiger partial charge in [0.15, 0.2) is 0 Å². The molecule has 0 spiro atoms. The summed E-state index contributed by atoms with van der Waals surface area (Å²) in [5.41, 5.74) is 8.36. The van der Waals surface area contributed by atoms with Gasteiger partial charge in [0.1, 0.15) is 35.5 Å². The van der Waals surface area contributed by atoms with Crippen molar-refractivity contribution in [3.63, 3.8) is 0 Å². The van der Waals surface area contributed by atoms with E-state index in [2.05, 4.69) is 25.9 Å². The van der Waals surface area contributed by atoms with Gasteiger partial charge in [-0.05, 0) is 86.7 Å². The molecule has 2 fully saturated rings. The van der Waals surface area contributed by atoms with Crippen LogP contribution in [0.4, 0.5) is 17.3 Å². The second-order valence-electron chi connectivity index (χ2n) is 15.5. The Labute approximate surface area is 376 Å². The van der Waals surface area contributed by atoms with E-state index in [9.17, 15) is 24.0 Å². The number of carbonyl (C=O) groups is 5. The number of unbranched alkanes of at least 4 members (excludes halogenated alkanes) is 1. The molecule has 340 valence electrons. The molecule has 0 aliphatic carbocycles. The first-order valence-corrected chi connectivity index (χ1v) is 21.7. The van der Waals surface area contributed by atoms with E-state index in [4.69, 9.17) is 30.1 Å². The number of likely N-dealkylation sites (tertiary alicyclic amines) is 1. The molecule has 2 unspecified atom stereocenters. The Hall–Kier alpha value is -7.02.